The summed E-state index contributed by atoms with van der Waals surface area (Å²) in [7, 11) is 0. The Labute approximate surface area is 144 Å². The first-order valence-corrected chi connectivity index (χ1v) is 7.73. The van der Waals surface area contributed by atoms with Crippen LogP contribution in [0.4, 0.5) is 5.69 Å². The third-order valence-electron chi connectivity index (χ3n) is 3.96. The van der Waals surface area contributed by atoms with Gasteiger partial charge in [0.05, 0.1) is 36.1 Å². The van der Waals surface area contributed by atoms with Crippen LogP contribution in [0, 0.1) is 21.4 Å². The first kappa shape index (κ1) is 16.5. The molecule has 7 nitrogen and oxygen atoms in total. The van der Waals surface area contributed by atoms with Gasteiger partial charge in [-0.25, -0.2) is 0 Å². The van der Waals surface area contributed by atoms with Crippen molar-refractivity contribution in [3.63, 3.8) is 0 Å². The molecule has 1 heterocycles. The van der Waals surface area contributed by atoms with Crippen molar-refractivity contribution in [2.75, 3.05) is 13.1 Å². The Morgan fingerprint density at radius 2 is 2.00 bits per heavy atom. The number of hydrogen-bond acceptors (Lipinski definition) is 5. The molecule has 0 atom stereocenters. The van der Waals surface area contributed by atoms with Crippen molar-refractivity contribution in [3.8, 4) is 11.8 Å². The van der Waals surface area contributed by atoms with Crippen molar-refractivity contribution < 1.29 is 14.5 Å². The zero-order chi connectivity index (χ0) is 17.8. The molecule has 1 aliphatic rings. The minimum Gasteiger partial charge on any atom is -0.487 e. The molecule has 0 aliphatic carbocycles. The van der Waals surface area contributed by atoms with Crippen LogP contribution >= 0.6 is 0 Å². The normalized spacial score (nSPS) is 13.6. The summed E-state index contributed by atoms with van der Waals surface area (Å²) >= 11 is 0. The highest BCUT2D eigenvalue weighted by atomic mass is 16.6. The van der Waals surface area contributed by atoms with E-state index < -0.39 is 4.92 Å². The van der Waals surface area contributed by atoms with Crippen LogP contribution < -0.4 is 4.74 Å². The number of nitro groups is 1. The van der Waals surface area contributed by atoms with Gasteiger partial charge >= 0.3 is 0 Å². The molecule has 7 heteroatoms. The molecule has 0 saturated carbocycles. The van der Waals surface area contributed by atoms with Crippen LogP contribution in [0.3, 0.4) is 0 Å². The van der Waals surface area contributed by atoms with Crippen LogP contribution in [-0.2, 0) is 11.2 Å². The summed E-state index contributed by atoms with van der Waals surface area (Å²) in [5.74, 6) is 0.579. The second-order valence-electron chi connectivity index (χ2n) is 5.78. The van der Waals surface area contributed by atoms with E-state index >= 15 is 0 Å². The molecule has 0 N–H and O–H groups in total. The molecule has 1 amide bonds. The Kier molecular flexibility index (Phi) is 4.61. The van der Waals surface area contributed by atoms with E-state index in [0.717, 1.165) is 0 Å². The number of rotatable bonds is 5. The van der Waals surface area contributed by atoms with Crippen molar-refractivity contribution in [2.24, 2.45) is 0 Å². The van der Waals surface area contributed by atoms with E-state index in [-0.39, 0.29) is 24.1 Å². The lowest BCUT2D eigenvalue weighted by Crippen LogP contribution is -2.56. The second kappa shape index (κ2) is 7.01. The minimum absolute atomic E-state index is 0.0177. The molecule has 1 saturated heterocycles. The number of ether oxygens (including phenoxy) is 1. The summed E-state index contributed by atoms with van der Waals surface area (Å²) in [6, 6.07) is 15.0. The fourth-order valence-corrected chi connectivity index (χ4v) is 2.58. The number of benzene rings is 2. The Morgan fingerprint density at radius 3 is 2.64 bits per heavy atom. The Hall–Kier alpha value is -3.40. The summed E-state index contributed by atoms with van der Waals surface area (Å²) in [4.78, 5) is 24.2. The highest BCUT2D eigenvalue weighted by Crippen LogP contribution is 2.20. The van der Waals surface area contributed by atoms with Gasteiger partial charge in [0.2, 0.25) is 5.91 Å². The number of hydrogen-bond donors (Lipinski definition) is 0. The van der Waals surface area contributed by atoms with Crippen LogP contribution in [0.25, 0.3) is 0 Å². The van der Waals surface area contributed by atoms with Gasteiger partial charge in [-0.15, -0.1) is 0 Å². The molecule has 3 rings (SSSR count). The quantitative estimate of drug-likeness (QED) is 0.616. The van der Waals surface area contributed by atoms with Crippen molar-refractivity contribution in [1.29, 1.82) is 5.26 Å². The van der Waals surface area contributed by atoms with Gasteiger partial charge in [0.15, 0.2) is 0 Å². The predicted octanol–water partition coefficient (Wildman–Crippen LogP) is 2.30. The van der Waals surface area contributed by atoms with Crippen LogP contribution in [0.15, 0.2) is 48.5 Å². The molecule has 0 spiro atoms. The molecule has 0 unspecified atom stereocenters. The maximum absolute atomic E-state index is 12.2. The van der Waals surface area contributed by atoms with Gasteiger partial charge in [-0.2, -0.15) is 5.26 Å². The van der Waals surface area contributed by atoms with Crippen LogP contribution in [0.2, 0.25) is 0 Å². The third kappa shape index (κ3) is 3.93. The fraction of sp³-hybridized carbons (Fsp3) is 0.222. The summed E-state index contributed by atoms with van der Waals surface area (Å²) in [5, 5.41) is 19.5. The van der Waals surface area contributed by atoms with Crippen molar-refractivity contribution in [1.82, 2.24) is 4.90 Å². The number of amides is 1. The summed E-state index contributed by atoms with van der Waals surface area (Å²) in [6.07, 6.45) is 0.0487. The number of likely N-dealkylation sites (tertiary alicyclic amines) is 1. The smallest absolute Gasteiger partial charge is 0.269 e. The lowest BCUT2D eigenvalue weighted by molar-refractivity contribution is -0.384. The molecule has 1 aliphatic heterocycles. The van der Waals surface area contributed by atoms with E-state index in [1.54, 1.807) is 41.3 Å². The van der Waals surface area contributed by atoms with Crippen LogP contribution in [0.1, 0.15) is 11.1 Å². The third-order valence-corrected chi connectivity index (χ3v) is 3.96. The Bertz CT molecular complexity index is 836. The van der Waals surface area contributed by atoms with Crippen molar-refractivity contribution in [3.05, 3.63) is 69.8 Å². The standard InChI is InChI=1S/C18H15N3O4/c19-10-13-4-6-16(7-5-13)25-17-11-20(12-17)18(22)9-14-2-1-3-15(8-14)21(23)24/h1-8,17H,9,11-12H2. The summed E-state index contributed by atoms with van der Waals surface area (Å²) < 4.78 is 5.74. The fourth-order valence-electron chi connectivity index (χ4n) is 2.58. The molecule has 126 valence electrons. The van der Waals surface area contributed by atoms with Crippen molar-refractivity contribution >= 4 is 11.6 Å². The Morgan fingerprint density at radius 1 is 1.28 bits per heavy atom. The maximum atomic E-state index is 12.2. The van der Waals surface area contributed by atoms with Gasteiger partial charge in [0.1, 0.15) is 11.9 Å². The number of nitro benzene ring substituents is 1. The summed E-state index contributed by atoms with van der Waals surface area (Å²) in [5.41, 5.74) is 1.17. The van der Waals surface area contributed by atoms with Crippen LogP contribution in [0.5, 0.6) is 5.75 Å². The molecule has 0 aromatic heterocycles. The highest BCUT2D eigenvalue weighted by molar-refractivity contribution is 5.79. The van der Waals surface area contributed by atoms with Gasteiger partial charge in [-0.1, -0.05) is 12.1 Å². The Balaban J connectivity index is 1.50. The van der Waals surface area contributed by atoms with Gasteiger partial charge < -0.3 is 9.64 Å². The molecule has 0 bridgehead atoms. The van der Waals surface area contributed by atoms with Crippen LogP contribution in [-0.4, -0.2) is 34.9 Å². The first-order chi connectivity index (χ1) is 12.0. The molecular formula is C18H15N3O4. The number of carbonyl (C=O) groups excluding carboxylic acids is 1. The molecule has 0 radical (unpaired) electrons. The lowest BCUT2D eigenvalue weighted by Gasteiger charge is -2.39. The van der Waals surface area contributed by atoms with Gasteiger partial charge in [0, 0.05) is 12.1 Å². The number of nitrogens with zero attached hydrogens (tertiary/aromatic N) is 3. The van der Waals surface area contributed by atoms with Gasteiger partial charge in [0.25, 0.3) is 5.69 Å². The van der Waals surface area contributed by atoms with E-state index in [1.165, 1.54) is 12.1 Å². The maximum Gasteiger partial charge on any atom is 0.269 e. The minimum atomic E-state index is -0.473. The van der Waals surface area contributed by atoms with E-state index in [2.05, 4.69) is 0 Å². The average molecular weight is 337 g/mol. The molecular weight excluding hydrogens is 322 g/mol. The second-order valence-corrected chi connectivity index (χ2v) is 5.78. The van der Waals surface area contributed by atoms with E-state index in [4.69, 9.17) is 10.00 Å². The zero-order valence-corrected chi connectivity index (χ0v) is 13.3. The molecule has 2 aromatic carbocycles. The SMILES string of the molecule is N#Cc1ccc(OC2CN(C(=O)Cc3cccc([N+](=O)[O-])c3)C2)cc1. The average Bonchev–Trinajstić information content (AvgIpc) is 2.58. The number of non-ortho nitro benzene ring substituents is 1. The van der Waals surface area contributed by atoms with E-state index in [0.29, 0.717) is 30.0 Å². The van der Waals surface area contributed by atoms with E-state index in [1.807, 2.05) is 6.07 Å². The van der Waals surface area contributed by atoms with Gasteiger partial charge in [-0.05, 0) is 29.8 Å². The lowest BCUT2D eigenvalue weighted by atomic mass is 10.1. The zero-order valence-electron chi connectivity index (χ0n) is 13.3. The molecule has 2 aromatic rings. The first-order valence-electron chi connectivity index (χ1n) is 7.73. The number of nitriles is 1. The van der Waals surface area contributed by atoms with Crippen molar-refractivity contribution in [2.45, 2.75) is 12.5 Å². The molecule has 25 heavy (non-hydrogen) atoms. The molecule has 1 fully saturated rings. The number of carbonyl (C=O) groups is 1. The van der Waals surface area contributed by atoms with E-state index in [9.17, 15) is 14.9 Å². The largest absolute Gasteiger partial charge is 0.487 e. The predicted molar refractivity (Wildman–Crippen MR) is 89.0 cm³/mol. The van der Waals surface area contributed by atoms with Gasteiger partial charge in [-0.3, -0.25) is 14.9 Å². The summed E-state index contributed by atoms with van der Waals surface area (Å²) in [6.45, 7) is 0.960. The topological polar surface area (TPSA) is 96.5 Å². The highest BCUT2D eigenvalue weighted by Gasteiger charge is 2.32. The monoisotopic (exact) mass is 337 g/mol.